The molecule has 2 aliphatic heterocycles. The molecule has 1 saturated carbocycles. The topological polar surface area (TPSA) is 83.1 Å². The molecule has 9 heteroatoms. The Morgan fingerprint density at radius 3 is 2.40 bits per heavy atom. The highest BCUT2D eigenvalue weighted by molar-refractivity contribution is 6.35. The predicted octanol–water partition coefficient (Wildman–Crippen LogP) is 2.59. The first-order valence-electron chi connectivity index (χ1n) is 12.3. The molecule has 2 amide bonds. The molecule has 2 aromatic carbocycles. The van der Waals surface area contributed by atoms with Gasteiger partial charge in [-0.2, -0.15) is 0 Å². The average molecular weight is 483 g/mol. The Kier molecular flexibility index (Phi) is 7.03. The molecule has 8 nitrogen and oxygen atoms in total. The van der Waals surface area contributed by atoms with Crippen molar-refractivity contribution >= 4 is 17.5 Å². The molecule has 2 aromatic rings. The highest BCUT2D eigenvalue weighted by Gasteiger charge is 2.29. The third-order valence-electron chi connectivity index (χ3n) is 7.08. The van der Waals surface area contributed by atoms with E-state index in [0.717, 1.165) is 63.1 Å². The number of benzene rings is 2. The standard InChI is InChI=1S/C26H31FN4O4/c27-19-6-8-21(9-7-19)30-11-13-31(14-12-30)22(18-5-10-23-24(15-18)35-17-34-23)16-28-25(32)26(33)29-20-3-1-2-4-20/h5-10,15,20,22H,1-4,11-14,16-17H2,(H,28,32)(H,29,33). The number of anilines is 1. The van der Waals surface area contributed by atoms with E-state index in [0.29, 0.717) is 18.0 Å². The van der Waals surface area contributed by atoms with Crippen molar-refractivity contribution in [3.05, 3.63) is 53.8 Å². The van der Waals surface area contributed by atoms with Crippen LogP contribution in [0.4, 0.5) is 10.1 Å². The maximum Gasteiger partial charge on any atom is 0.309 e. The minimum atomic E-state index is -0.604. The lowest BCUT2D eigenvalue weighted by Crippen LogP contribution is -2.51. The molecule has 35 heavy (non-hydrogen) atoms. The van der Waals surface area contributed by atoms with Gasteiger partial charge >= 0.3 is 11.8 Å². The van der Waals surface area contributed by atoms with E-state index in [2.05, 4.69) is 20.4 Å². The van der Waals surface area contributed by atoms with Crippen LogP contribution >= 0.6 is 0 Å². The van der Waals surface area contributed by atoms with E-state index in [1.165, 1.54) is 12.1 Å². The van der Waals surface area contributed by atoms with Crippen molar-refractivity contribution in [2.45, 2.75) is 37.8 Å². The van der Waals surface area contributed by atoms with Gasteiger partial charge in [-0.05, 0) is 54.8 Å². The first kappa shape index (κ1) is 23.4. The fourth-order valence-corrected chi connectivity index (χ4v) is 5.11. The van der Waals surface area contributed by atoms with Crippen LogP contribution in [0.1, 0.15) is 37.3 Å². The number of halogens is 1. The number of carbonyl (C=O) groups is 2. The normalized spacial score (nSPS) is 18.9. The zero-order chi connectivity index (χ0) is 24.2. The second-order valence-electron chi connectivity index (χ2n) is 9.29. The van der Waals surface area contributed by atoms with Gasteiger partial charge in [-0.1, -0.05) is 18.9 Å². The molecule has 1 atom stereocenters. The second-order valence-corrected chi connectivity index (χ2v) is 9.29. The van der Waals surface area contributed by atoms with E-state index in [1.807, 2.05) is 18.2 Å². The lowest BCUT2D eigenvalue weighted by Gasteiger charge is -2.40. The van der Waals surface area contributed by atoms with Crippen LogP contribution < -0.4 is 25.0 Å². The van der Waals surface area contributed by atoms with Crippen LogP contribution in [0.2, 0.25) is 0 Å². The molecule has 1 aliphatic carbocycles. The number of hydrogen-bond acceptors (Lipinski definition) is 6. The van der Waals surface area contributed by atoms with Crippen LogP contribution in [0.5, 0.6) is 11.5 Å². The summed E-state index contributed by atoms with van der Waals surface area (Å²) in [7, 11) is 0. The van der Waals surface area contributed by atoms with Crippen molar-refractivity contribution in [2.24, 2.45) is 0 Å². The van der Waals surface area contributed by atoms with Crippen molar-refractivity contribution in [1.82, 2.24) is 15.5 Å². The Morgan fingerprint density at radius 1 is 0.943 bits per heavy atom. The fraction of sp³-hybridized carbons (Fsp3) is 0.462. The fourth-order valence-electron chi connectivity index (χ4n) is 5.11. The second kappa shape index (κ2) is 10.5. The van der Waals surface area contributed by atoms with Gasteiger partial charge in [-0.25, -0.2) is 4.39 Å². The zero-order valence-electron chi connectivity index (χ0n) is 19.7. The van der Waals surface area contributed by atoms with E-state index in [9.17, 15) is 14.0 Å². The monoisotopic (exact) mass is 482 g/mol. The van der Waals surface area contributed by atoms with Crippen molar-refractivity contribution < 1.29 is 23.5 Å². The first-order valence-corrected chi connectivity index (χ1v) is 12.3. The molecule has 2 heterocycles. The summed E-state index contributed by atoms with van der Waals surface area (Å²) in [5.41, 5.74) is 1.98. The SMILES string of the molecule is O=C(NCC(c1ccc2c(c1)OCO2)N1CCN(c2ccc(F)cc2)CC1)C(=O)NC1CCCC1. The van der Waals surface area contributed by atoms with Gasteiger partial charge in [0.2, 0.25) is 6.79 Å². The maximum atomic E-state index is 13.3. The van der Waals surface area contributed by atoms with Crippen molar-refractivity contribution in [3.63, 3.8) is 0 Å². The Balaban J connectivity index is 1.26. The molecule has 2 N–H and O–H groups in total. The molecule has 0 radical (unpaired) electrons. The van der Waals surface area contributed by atoms with Gasteiger partial charge in [0.05, 0.1) is 6.04 Å². The van der Waals surface area contributed by atoms with E-state index >= 15 is 0 Å². The lowest BCUT2D eigenvalue weighted by atomic mass is 10.0. The Labute approximate surface area is 204 Å². The number of hydrogen-bond donors (Lipinski definition) is 2. The smallest absolute Gasteiger partial charge is 0.309 e. The number of amides is 2. The molecular formula is C26H31FN4O4. The molecule has 0 spiro atoms. The third kappa shape index (κ3) is 5.51. The molecule has 1 saturated heterocycles. The van der Waals surface area contributed by atoms with Crippen LogP contribution in [0.3, 0.4) is 0 Å². The highest BCUT2D eigenvalue weighted by atomic mass is 19.1. The van der Waals surface area contributed by atoms with Crippen LogP contribution in [-0.4, -0.2) is 62.3 Å². The van der Waals surface area contributed by atoms with Gasteiger partial charge in [0.25, 0.3) is 0 Å². The summed E-state index contributed by atoms with van der Waals surface area (Å²) >= 11 is 0. The van der Waals surface area contributed by atoms with Gasteiger partial charge < -0.3 is 25.0 Å². The van der Waals surface area contributed by atoms with Crippen LogP contribution in [0, 0.1) is 5.82 Å². The number of fused-ring (bicyclic) bond motifs is 1. The quantitative estimate of drug-likeness (QED) is 0.616. The number of carbonyl (C=O) groups excluding carboxylic acids is 2. The lowest BCUT2D eigenvalue weighted by molar-refractivity contribution is -0.139. The molecule has 3 aliphatic rings. The molecule has 186 valence electrons. The summed E-state index contributed by atoms with van der Waals surface area (Å²) < 4.78 is 24.3. The molecule has 1 unspecified atom stereocenters. The zero-order valence-corrected chi connectivity index (χ0v) is 19.7. The third-order valence-corrected chi connectivity index (χ3v) is 7.08. The largest absolute Gasteiger partial charge is 0.454 e. The molecular weight excluding hydrogens is 451 g/mol. The first-order chi connectivity index (χ1) is 17.1. The Hall–Kier alpha value is -3.33. The van der Waals surface area contributed by atoms with Gasteiger partial charge in [0.15, 0.2) is 11.5 Å². The van der Waals surface area contributed by atoms with E-state index in [-0.39, 0.29) is 24.7 Å². The summed E-state index contributed by atoms with van der Waals surface area (Å²) in [4.78, 5) is 29.5. The van der Waals surface area contributed by atoms with Crippen LogP contribution in [0.25, 0.3) is 0 Å². The maximum absolute atomic E-state index is 13.3. The molecule has 0 bridgehead atoms. The van der Waals surface area contributed by atoms with Gasteiger partial charge in [0.1, 0.15) is 5.82 Å². The minimum Gasteiger partial charge on any atom is -0.454 e. The van der Waals surface area contributed by atoms with Crippen molar-refractivity contribution in [2.75, 3.05) is 44.4 Å². The van der Waals surface area contributed by atoms with Gasteiger partial charge in [-0.3, -0.25) is 14.5 Å². The molecule has 5 rings (SSSR count). The average Bonchev–Trinajstić information content (AvgIpc) is 3.57. The van der Waals surface area contributed by atoms with E-state index < -0.39 is 11.8 Å². The minimum absolute atomic E-state index is 0.0949. The predicted molar refractivity (Wildman–Crippen MR) is 129 cm³/mol. The summed E-state index contributed by atoms with van der Waals surface area (Å²) in [5.74, 6) is -0.0330. The number of piperazine rings is 1. The number of nitrogens with one attached hydrogen (secondary N) is 2. The van der Waals surface area contributed by atoms with E-state index in [1.54, 1.807) is 12.1 Å². The van der Waals surface area contributed by atoms with Crippen LogP contribution in [-0.2, 0) is 9.59 Å². The summed E-state index contributed by atoms with van der Waals surface area (Å²) in [6.45, 7) is 3.53. The molecule has 0 aromatic heterocycles. The Morgan fingerprint density at radius 2 is 1.66 bits per heavy atom. The number of ether oxygens (including phenoxy) is 2. The van der Waals surface area contributed by atoms with Crippen molar-refractivity contribution in [3.8, 4) is 11.5 Å². The summed E-state index contributed by atoms with van der Waals surface area (Å²) in [6.07, 6.45) is 4.03. The number of rotatable bonds is 6. The highest BCUT2D eigenvalue weighted by Crippen LogP contribution is 2.35. The summed E-state index contributed by atoms with van der Waals surface area (Å²) in [5, 5.41) is 5.70. The van der Waals surface area contributed by atoms with Crippen LogP contribution in [0.15, 0.2) is 42.5 Å². The number of nitrogens with zero attached hydrogens (tertiary/aromatic N) is 2. The van der Waals surface area contributed by atoms with Gasteiger partial charge in [-0.15, -0.1) is 0 Å². The van der Waals surface area contributed by atoms with Crippen molar-refractivity contribution in [1.29, 1.82) is 0 Å². The Bertz CT molecular complexity index is 1050. The van der Waals surface area contributed by atoms with Gasteiger partial charge in [0, 0.05) is 44.5 Å². The van der Waals surface area contributed by atoms with E-state index in [4.69, 9.17) is 9.47 Å². The summed E-state index contributed by atoms with van der Waals surface area (Å²) in [6, 6.07) is 12.3. The molecule has 2 fully saturated rings.